The highest BCUT2D eigenvalue weighted by Crippen LogP contribution is 2.20. The largest absolute Gasteiger partial charge is 0.458 e. The van der Waals surface area contributed by atoms with Crippen molar-refractivity contribution in [2.75, 3.05) is 7.05 Å². The summed E-state index contributed by atoms with van der Waals surface area (Å²) < 4.78 is 11.0. The van der Waals surface area contributed by atoms with Crippen molar-refractivity contribution in [1.29, 1.82) is 0 Å². The van der Waals surface area contributed by atoms with Crippen LogP contribution in [-0.4, -0.2) is 53.2 Å². The standard InChI is InChI=1S/C25H48N2O5/c1-12-13-14-18(4)16-19(26-23(30)32-25(8,9)10)21(28)27(11)20(15-17(2)3)22(29)31-24(5,6)7/h17-20H,12-16H2,1-11H3,(H,26,30)/t18-,19+,20+/m1/s1. The Morgan fingerprint density at radius 1 is 0.906 bits per heavy atom. The third-order valence-corrected chi connectivity index (χ3v) is 4.87. The van der Waals surface area contributed by atoms with E-state index in [1.54, 1.807) is 48.6 Å². The normalized spacial score (nSPS) is 15.0. The van der Waals surface area contributed by atoms with Gasteiger partial charge < -0.3 is 19.7 Å². The predicted molar refractivity (Wildman–Crippen MR) is 128 cm³/mol. The van der Waals surface area contributed by atoms with E-state index in [1.807, 2.05) is 13.8 Å². The second-order valence-electron chi connectivity index (χ2n) is 11.3. The lowest BCUT2D eigenvalue weighted by molar-refractivity contribution is -0.165. The zero-order valence-electron chi connectivity index (χ0n) is 22.3. The number of nitrogens with zero attached hydrogens (tertiary/aromatic N) is 1. The van der Waals surface area contributed by atoms with Crippen LogP contribution in [-0.2, 0) is 19.1 Å². The summed E-state index contributed by atoms with van der Waals surface area (Å²) in [4.78, 5) is 40.3. The number of likely N-dealkylation sites (N-methyl/N-ethyl adjacent to an activating group) is 1. The van der Waals surface area contributed by atoms with Gasteiger partial charge in [0.05, 0.1) is 0 Å². The molecule has 0 aromatic heterocycles. The Balaban J connectivity index is 5.71. The highest BCUT2D eigenvalue weighted by molar-refractivity contribution is 5.89. The number of unbranched alkanes of at least 4 members (excludes halogenated alkanes) is 1. The van der Waals surface area contributed by atoms with Gasteiger partial charge in [0, 0.05) is 7.05 Å². The van der Waals surface area contributed by atoms with Crippen LogP contribution in [0, 0.1) is 11.8 Å². The van der Waals surface area contributed by atoms with Gasteiger partial charge >= 0.3 is 12.1 Å². The molecule has 188 valence electrons. The van der Waals surface area contributed by atoms with E-state index in [4.69, 9.17) is 9.47 Å². The van der Waals surface area contributed by atoms with Crippen molar-refractivity contribution in [3.8, 4) is 0 Å². The SMILES string of the molecule is CCCC[C@@H](C)C[C@H](NC(=O)OC(C)(C)C)C(=O)N(C)[C@@H](CC(C)C)C(=O)OC(C)(C)C. The van der Waals surface area contributed by atoms with Crippen LogP contribution in [0.5, 0.6) is 0 Å². The van der Waals surface area contributed by atoms with Crippen LogP contribution >= 0.6 is 0 Å². The molecule has 0 aliphatic heterocycles. The molecule has 0 saturated carbocycles. The van der Waals surface area contributed by atoms with Gasteiger partial charge in [0.2, 0.25) is 5.91 Å². The van der Waals surface area contributed by atoms with Gasteiger partial charge in [0.1, 0.15) is 23.3 Å². The van der Waals surface area contributed by atoms with Crippen LogP contribution in [0.25, 0.3) is 0 Å². The first kappa shape index (κ1) is 30.2. The molecule has 0 spiro atoms. The predicted octanol–water partition coefficient (Wildman–Crippen LogP) is 5.31. The Kier molecular flexibility index (Phi) is 12.3. The number of alkyl carbamates (subject to hydrolysis) is 1. The Morgan fingerprint density at radius 3 is 1.88 bits per heavy atom. The average Bonchev–Trinajstić information content (AvgIpc) is 2.59. The third-order valence-electron chi connectivity index (χ3n) is 4.87. The summed E-state index contributed by atoms with van der Waals surface area (Å²) in [5.74, 6) is -0.325. The van der Waals surface area contributed by atoms with Crippen LogP contribution in [0.3, 0.4) is 0 Å². The van der Waals surface area contributed by atoms with Gasteiger partial charge in [-0.1, -0.05) is 47.0 Å². The molecule has 0 aliphatic rings. The number of rotatable bonds is 11. The molecule has 3 atom stereocenters. The van der Waals surface area contributed by atoms with E-state index in [2.05, 4.69) is 19.2 Å². The minimum atomic E-state index is -0.779. The molecule has 0 fully saturated rings. The molecule has 0 rings (SSSR count). The third kappa shape index (κ3) is 12.9. The zero-order chi connectivity index (χ0) is 25.3. The molecule has 1 N–H and O–H groups in total. The van der Waals surface area contributed by atoms with E-state index in [-0.39, 0.29) is 17.7 Å². The van der Waals surface area contributed by atoms with Gasteiger partial charge in [0.25, 0.3) is 0 Å². The van der Waals surface area contributed by atoms with E-state index < -0.39 is 35.3 Å². The van der Waals surface area contributed by atoms with Crippen molar-refractivity contribution in [3.05, 3.63) is 0 Å². The summed E-state index contributed by atoms with van der Waals surface area (Å²) >= 11 is 0. The molecule has 32 heavy (non-hydrogen) atoms. The van der Waals surface area contributed by atoms with Crippen molar-refractivity contribution in [2.24, 2.45) is 11.8 Å². The van der Waals surface area contributed by atoms with E-state index in [0.717, 1.165) is 19.3 Å². The van der Waals surface area contributed by atoms with Crippen LogP contribution in [0.2, 0.25) is 0 Å². The second kappa shape index (κ2) is 13.0. The number of carbonyl (C=O) groups is 3. The van der Waals surface area contributed by atoms with Gasteiger partial charge in [0.15, 0.2) is 0 Å². The monoisotopic (exact) mass is 456 g/mol. The number of esters is 1. The van der Waals surface area contributed by atoms with Crippen LogP contribution in [0.1, 0.15) is 101 Å². The van der Waals surface area contributed by atoms with Gasteiger partial charge in [-0.25, -0.2) is 9.59 Å². The fourth-order valence-corrected chi connectivity index (χ4v) is 3.37. The molecule has 2 amide bonds. The van der Waals surface area contributed by atoms with E-state index in [0.29, 0.717) is 12.8 Å². The maximum absolute atomic E-state index is 13.5. The summed E-state index contributed by atoms with van der Waals surface area (Å²) in [6.45, 7) is 19.0. The van der Waals surface area contributed by atoms with E-state index >= 15 is 0 Å². The number of carbonyl (C=O) groups excluding carboxylic acids is 3. The minimum absolute atomic E-state index is 0.184. The zero-order valence-corrected chi connectivity index (χ0v) is 22.3. The summed E-state index contributed by atoms with van der Waals surface area (Å²) in [7, 11) is 1.61. The topological polar surface area (TPSA) is 84.9 Å². The van der Waals surface area contributed by atoms with Gasteiger partial charge in [-0.2, -0.15) is 0 Å². The number of hydrogen-bond acceptors (Lipinski definition) is 5. The van der Waals surface area contributed by atoms with Crippen molar-refractivity contribution < 1.29 is 23.9 Å². The lowest BCUT2D eigenvalue weighted by Crippen LogP contribution is -2.54. The fraction of sp³-hybridized carbons (Fsp3) is 0.880. The summed E-state index contributed by atoms with van der Waals surface area (Å²) in [5, 5.41) is 2.75. The number of nitrogens with one attached hydrogen (secondary N) is 1. The fourth-order valence-electron chi connectivity index (χ4n) is 3.37. The molecule has 0 heterocycles. The molecule has 0 bridgehead atoms. The first-order chi connectivity index (χ1) is 14.5. The Labute approximate surface area is 196 Å². The Morgan fingerprint density at radius 2 is 1.44 bits per heavy atom. The molecular formula is C25H48N2O5. The van der Waals surface area contributed by atoms with Crippen molar-refractivity contribution >= 4 is 18.0 Å². The molecule has 0 aromatic rings. The molecular weight excluding hydrogens is 408 g/mol. The van der Waals surface area contributed by atoms with Crippen LogP contribution in [0.4, 0.5) is 4.79 Å². The maximum Gasteiger partial charge on any atom is 0.408 e. The minimum Gasteiger partial charge on any atom is -0.458 e. The van der Waals surface area contributed by atoms with Gasteiger partial charge in [-0.15, -0.1) is 0 Å². The molecule has 7 nitrogen and oxygen atoms in total. The van der Waals surface area contributed by atoms with Gasteiger partial charge in [-0.05, 0) is 66.2 Å². The number of ether oxygens (including phenoxy) is 2. The first-order valence-electron chi connectivity index (χ1n) is 12.0. The van der Waals surface area contributed by atoms with E-state index in [1.165, 1.54) is 4.90 Å². The lowest BCUT2D eigenvalue weighted by Gasteiger charge is -2.34. The van der Waals surface area contributed by atoms with Gasteiger partial charge in [-0.3, -0.25) is 4.79 Å². The summed E-state index contributed by atoms with van der Waals surface area (Å²) in [6, 6.07) is -1.51. The van der Waals surface area contributed by atoms with Crippen molar-refractivity contribution in [2.45, 2.75) is 125 Å². The molecule has 0 unspecified atom stereocenters. The van der Waals surface area contributed by atoms with Crippen LogP contribution < -0.4 is 5.32 Å². The molecule has 7 heteroatoms. The first-order valence-corrected chi connectivity index (χ1v) is 12.0. The highest BCUT2D eigenvalue weighted by atomic mass is 16.6. The quantitative estimate of drug-likeness (QED) is 0.426. The van der Waals surface area contributed by atoms with Crippen molar-refractivity contribution in [3.63, 3.8) is 0 Å². The molecule has 0 saturated heterocycles. The maximum atomic E-state index is 13.5. The second-order valence-corrected chi connectivity index (χ2v) is 11.3. The molecule has 0 radical (unpaired) electrons. The number of hydrogen-bond donors (Lipinski definition) is 1. The molecule has 0 aromatic carbocycles. The summed E-state index contributed by atoms with van der Waals surface area (Å²) in [5.41, 5.74) is -1.33. The highest BCUT2D eigenvalue weighted by Gasteiger charge is 2.36. The van der Waals surface area contributed by atoms with Crippen LogP contribution in [0.15, 0.2) is 0 Å². The average molecular weight is 457 g/mol. The number of amides is 2. The Hall–Kier alpha value is -1.79. The van der Waals surface area contributed by atoms with Crippen molar-refractivity contribution in [1.82, 2.24) is 10.2 Å². The van der Waals surface area contributed by atoms with E-state index in [9.17, 15) is 14.4 Å². The molecule has 0 aliphatic carbocycles. The Bertz CT molecular complexity index is 604. The lowest BCUT2D eigenvalue weighted by atomic mass is 9.94. The summed E-state index contributed by atoms with van der Waals surface area (Å²) in [6.07, 6.45) is 3.40. The smallest absolute Gasteiger partial charge is 0.408 e.